The SMILES string of the molecule is COc1cccc(-c2nnc(CNS(=O)(=O)C3CCCC3)o2)c1. The van der Waals surface area contributed by atoms with Crippen LogP contribution in [0.15, 0.2) is 28.7 Å². The van der Waals surface area contributed by atoms with Crippen LogP contribution >= 0.6 is 0 Å². The standard InChI is InChI=1S/C15H19N3O4S/c1-21-12-6-4-5-11(9-12)15-18-17-14(22-15)10-16-23(19,20)13-7-2-3-8-13/h4-6,9,13,16H,2-3,7-8,10H2,1H3. The molecule has 0 spiro atoms. The minimum absolute atomic E-state index is 0.00972. The minimum Gasteiger partial charge on any atom is -0.497 e. The topological polar surface area (TPSA) is 94.3 Å². The van der Waals surface area contributed by atoms with Gasteiger partial charge in [0.15, 0.2) is 0 Å². The lowest BCUT2D eigenvalue weighted by Gasteiger charge is -2.10. The molecule has 124 valence electrons. The smallest absolute Gasteiger partial charge is 0.247 e. The highest BCUT2D eigenvalue weighted by molar-refractivity contribution is 7.90. The summed E-state index contributed by atoms with van der Waals surface area (Å²) in [6.07, 6.45) is 3.36. The van der Waals surface area contributed by atoms with E-state index in [1.165, 1.54) is 0 Å². The highest BCUT2D eigenvalue weighted by atomic mass is 32.2. The number of hydrogen-bond acceptors (Lipinski definition) is 6. The lowest BCUT2D eigenvalue weighted by atomic mass is 10.2. The van der Waals surface area contributed by atoms with E-state index < -0.39 is 10.0 Å². The van der Waals surface area contributed by atoms with Crippen LogP contribution < -0.4 is 9.46 Å². The number of benzene rings is 1. The summed E-state index contributed by atoms with van der Waals surface area (Å²) in [4.78, 5) is 0. The largest absolute Gasteiger partial charge is 0.497 e. The molecule has 8 heteroatoms. The van der Waals surface area contributed by atoms with Crippen LogP contribution in [0, 0.1) is 0 Å². The molecule has 1 aromatic heterocycles. The molecular weight excluding hydrogens is 318 g/mol. The third-order valence-corrected chi connectivity index (χ3v) is 5.84. The molecule has 2 aromatic rings. The van der Waals surface area contributed by atoms with Gasteiger partial charge in [-0.15, -0.1) is 10.2 Å². The summed E-state index contributed by atoms with van der Waals surface area (Å²) in [6, 6.07) is 7.24. The number of sulfonamides is 1. The van der Waals surface area contributed by atoms with Crippen molar-refractivity contribution < 1.29 is 17.6 Å². The first-order valence-corrected chi connectivity index (χ1v) is 9.08. The highest BCUT2D eigenvalue weighted by Gasteiger charge is 2.28. The molecule has 0 aliphatic heterocycles. The van der Waals surface area contributed by atoms with Gasteiger partial charge < -0.3 is 9.15 Å². The molecule has 0 radical (unpaired) electrons. The molecule has 0 unspecified atom stereocenters. The molecule has 1 aromatic carbocycles. The van der Waals surface area contributed by atoms with Crippen molar-refractivity contribution in [3.05, 3.63) is 30.2 Å². The van der Waals surface area contributed by atoms with E-state index in [0.717, 1.165) is 18.4 Å². The fourth-order valence-corrected chi connectivity index (χ4v) is 4.19. The van der Waals surface area contributed by atoms with Crippen molar-refractivity contribution in [2.75, 3.05) is 7.11 Å². The Morgan fingerprint density at radius 3 is 2.83 bits per heavy atom. The van der Waals surface area contributed by atoms with E-state index in [4.69, 9.17) is 9.15 Å². The molecule has 23 heavy (non-hydrogen) atoms. The minimum atomic E-state index is -3.32. The summed E-state index contributed by atoms with van der Waals surface area (Å²) in [7, 11) is -1.74. The van der Waals surface area contributed by atoms with Gasteiger partial charge in [0.1, 0.15) is 5.75 Å². The normalized spacial score (nSPS) is 15.9. The van der Waals surface area contributed by atoms with E-state index in [1.807, 2.05) is 18.2 Å². The number of nitrogens with zero attached hydrogens (tertiary/aromatic N) is 2. The predicted octanol–water partition coefficient (Wildman–Crippen LogP) is 2.11. The second kappa shape index (κ2) is 6.67. The molecule has 1 N–H and O–H groups in total. The molecular formula is C15H19N3O4S. The summed E-state index contributed by atoms with van der Waals surface area (Å²) >= 11 is 0. The van der Waals surface area contributed by atoms with E-state index in [1.54, 1.807) is 13.2 Å². The van der Waals surface area contributed by atoms with E-state index in [-0.39, 0.29) is 17.7 Å². The van der Waals surface area contributed by atoms with Crippen LogP contribution in [0.5, 0.6) is 5.75 Å². The Morgan fingerprint density at radius 1 is 1.30 bits per heavy atom. The zero-order chi connectivity index (χ0) is 16.3. The molecule has 0 atom stereocenters. The number of methoxy groups -OCH3 is 1. The van der Waals surface area contributed by atoms with Crippen molar-refractivity contribution in [1.82, 2.24) is 14.9 Å². The van der Waals surface area contributed by atoms with Crippen molar-refractivity contribution in [3.8, 4) is 17.2 Å². The quantitative estimate of drug-likeness (QED) is 0.867. The number of rotatable bonds is 6. The zero-order valence-electron chi connectivity index (χ0n) is 12.9. The Labute approximate surface area is 135 Å². The lowest BCUT2D eigenvalue weighted by Crippen LogP contribution is -2.32. The Balaban J connectivity index is 1.67. The van der Waals surface area contributed by atoms with E-state index in [0.29, 0.717) is 24.5 Å². The number of ether oxygens (including phenoxy) is 1. The van der Waals surface area contributed by atoms with Gasteiger partial charge >= 0.3 is 0 Å². The summed E-state index contributed by atoms with van der Waals surface area (Å²) in [5, 5.41) is 7.54. The lowest BCUT2D eigenvalue weighted by molar-refractivity contribution is 0.414. The van der Waals surface area contributed by atoms with Crippen molar-refractivity contribution in [2.24, 2.45) is 0 Å². The summed E-state index contributed by atoms with van der Waals surface area (Å²) in [6.45, 7) is 0.00972. The maximum atomic E-state index is 12.1. The first-order chi connectivity index (χ1) is 11.1. The summed E-state index contributed by atoms with van der Waals surface area (Å²) < 4.78 is 37.5. The van der Waals surface area contributed by atoms with Gasteiger partial charge in [-0.3, -0.25) is 0 Å². The van der Waals surface area contributed by atoms with Gasteiger partial charge in [-0.05, 0) is 31.0 Å². The van der Waals surface area contributed by atoms with Crippen LogP contribution in [-0.4, -0.2) is 31.0 Å². The number of nitrogens with one attached hydrogen (secondary N) is 1. The van der Waals surface area contributed by atoms with Crippen LogP contribution in [-0.2, 0) is 16.6 Å². The molecule has 1 saturated carbocycles. The number of aromatic nitrogens is 2. The van der Waals surface area contributed by atoms with E-state index >= 15 is 0 Å². The van der Waals surface area contributed by atoms with Crippen LogP contribution in [0.4, 0.5) is 0 Å². The Kier molecular flexibility index (Phi) is 4.63. The van der Waals surface area contributed by atoms with Gasteiger partial charge in [-0.25, -0.2) is 13.1 Å². The van der Waals surface area contributed by atoms with Crippen LogP contribution in [0.25, 0.3) is 11.5 Å². The Morgan fingerprint density at radius 2 is 2.09 bits per heavy atom. The average molecular weight is 337 g/mol. The van der Waals surface area contributed by atoms with E-state index in [9.17, 15) is 8.42 Å². The monoisotopic (exact) mass is 337 g/mol. The third kappa shape index (κ3) is 3.70. The van der Waals surface area contributed by atoms with Gasteiger partial charge in [-0.2, -0.15) is 0 Å². The molecule has 1 heterocycles. The van der Waals surface area contributed by atoms with Gasteiger partial charge in [0.25, 0.3) is 0 Å². The van der Waals surface area contributed by atoms with E-state index in [2.05, 4.69) is 14.9 Å². The summed E-state index contributed by atoms with van der Waals surface area (Å²) in [5.41, 5.74) is 0.724. The molecule has 0 saturated heterocycles. The van der Waals surface area contributed by atoms with Gasteiger partial charge in [0.05, 0.1) is 18.9 Å². The Hall–Kier alpha value is -1.93. The zero-order valence-corrected chi connectivity index (χ0v) is 13.7. The van der Waals surface area contributed by atoms with Gasteiger partial charge in [0.2, 0.25) is 21.8 Å². The molecule has 0 bridgehead atoms. The third-order valence-electron chi connectivity index (χ3n) is 3.95. The van der Waals surface area contributed by atoms with Crippen molar-refractivity contribution in [1.29, 1.82) is 0 Å². The molecule has 1 aliphatic carbocycles. The molecule has 1 fully saturated rings. The predicted molar refractivity (Wildman–Crippen MR) is 84.3 cm³/mol. The second-order valence-electron chi connectivity index (χ2n) is 5.51. The first-order valence-electron chi connectivity index (χ1n) is 7.54. The van der Waals surface area contributed by atoms with Crippen LogP contribution in [0.3, 0.4) is 0 Å². The average Bonchev–Trinajstić information content (AvgIpc) is 3.25. The van der Waals surface area contributed by atoms with Crippen molar-refractivity contribution in [3.63, 3.8) is 0 Å². The molecule has 0 amide bonds. The molecule has 1 aliphatic rings. The van der Waals surface area contributed by atoms with Gasteiger partial charge in [0, 0.05) is 5.56 Å². The first kappa shape index (κ1) is 15.9. The molecule has 7 nitrogen and oxygen atoms in total. The summed E-state index contributed by atoms with van der Waals surface area (Å²) in [5.74, 6) is 1.26. The highest BCUT2D eigenvalue weighted by Crippen LogP contribution is 2.25. The van der Waals surface area contributed by atoms with Gasteiger partial charge in [-0.1, -0.05) is 18.9 Å². The van der Waals surface area contributed by atoms with Crippen LogP contribution in [0.1, 0.15) is 31.6 Å². The molecule has 3 rings (SSSR count). The fourth-order valence-electron chi connectivity index (χ4n) is 2.68. The van der Waals surface area contributed by atoms with Crippen molar-refractivity contribution in [2.45, 2.75) is 37.5 Å². The second-order valence-corrected chi connectivity index (χ2v) is 7.55. The van der Waals surface area contributed by atoms with Crippen molar-refractivity contribution >= 4 is 10.0 Å². The Bertz CT molecular complexity index is 767. The number of hydrogen-bond donors (Lipinski definition) is 1. The maximum absolute atomic E-state index is 12.1. The maximum Gasteiger partial charge on any atom is 0.247 e. The van der Waals surface area contributed by atoms with Crippen LogP contribution in [0.2, 0.25) is 0 Å². The fraction of sp³-hybridized carbons (Fsp3) is 0.467.